The Kier molecular flexibility index (Phi) is 10.8. The smallest absolute Gasteiger partial charge is 0.301 e. The summed E-state index contributed by atoms with van der Waals surface area (Å²) in [6.07, 6.45) is 5.12. The van der Waals surface area contributed by atoms with E-state index in [1.165, 1.54) is 17.3 Å². The molecule has 0 spiro atoms. The lowest BCUT2D eigenvalue weighted by molar-refractivity contribution is -0.136. The van der Waals surface area contributed by atoms with Crippen molar-refractivity contribution in [1.82, 2.24) is 29.4 Å². The number of amides is 3. The number of rotatable bonds is 10. The molecule has 2 aromatic heterocycles. The first-order valence-electron chi connectivity index (χ1n) is 21.6. The summed E-state index contributed by atoms with van der Waals surface area (Å²) in [6.45, 7) is 4.36. The van der Waals surface area contributed by atoms with Crippen LogP contribution in [0.25, 0.3) is 22.2 Å². The fraction of sp³-hybridized carbons (Fsp3) is 0.370. The number of nitrogens with zero attached hydrogens (tertiary/aromatic N) is 5. The fourth-order valence-electron chi connectivity index (χ4n) is 9.88. The van der Waals surface area contributed by atoms with Crippen LogP contribution in [0.3, 0.4) is 0 Å². The van der Waals surface area contributed by atoms with Gasteiger partial charge < -0.3 is 14.8 Å². The number of piperidine rings is 2. The lowest BCUT2D eigenvalue weighted by Gasteiger charge is -2.37. The number of hydrogen-bond donors (Lipinski definition) is 3. The number of ketones is 1. The number of alkyl halides is 1. The molecule has 3 N–H and O–H groups in total. The predicted octanol–water partition coefficient (Wildman–Crippen LogP) is 5.48. The summed E-state index contributed by atoms with van der Waals surface area (Å²) in [5, 5.41) is 2.70. The third-order valence-corrected chi connectivity index (χ3v) is 14.9. The number of imide groups is 1. The Morgan fingerprint density at radius 3 is 2.47 bits per heavy atom. The molecular weight excluding hydrogens is 850 g/mol. The minimum absolute atomic E-state index is 0.00348. The maximum absolute atomic E-state index is 15.8. The Bertz CT molecular complexity index is 2860. The van der Waals surface area contributed by atoms with Crippen LogP contribution in [0.2, 0.25) is 0 Å². The molecular formula is C46H45F3N8O6S. The van der Waals surface area contributed by atoms with Gasteiger partial charge in [0.15, 0.2) is 5.82 Å². The van der Waals surface area contributed by atoms with Crippen molar-refractivity contribution in [1.29, 1.82) is 0 Å². The van der Waals surface area contributed by atoms with E-state index in [0.717, 1.165) is 85.2 Å². The van der Waals surface area contributed by atoms with Gasteiger partial charge in [-0.05, 0) is 96.7 Å². The van der Waals surface area contributed by atoms with E-state index in [9.17, 15) is 32.0 Å². The van der Waals surface area contributed by atoms with Gasteiger partial charge in [-0.1, -0.05) is 18.2 Å². The number of fused-ring (bicyclic) bond motifs is 3. The van der Waals surface area contributed by atoms with Gasteiger partial charge in [-0.25, -0.2) is 18.2 Å². The van der Waals surface area contributed by atoms with Crippen LogP contribution in [0, 0.1) is 17.6 Å². The molecule has 5 aliphatic rings. The Hall–Kier alpha value is -6.11. The molecule has 0 aliphatic carbocycles. The van der Waals surface area contributed by atoms with E-state index in [1.807, 2.05) is 22.9 Å². The van der Waals surface area contributed by atoms with E-state index in [1.54, 1.807) is 17.2 Å². The number of H-pyrrole nitrogens is 1. The number of aromatic nitrogens is 2. The average Bonchev–Trinajstić information content (AvgIpc) is 4.01. The molecule has 0 radical (unpaired) electrons. The molecule has 5 aliphatic heterocycles. The number of pyridine rings is 1. The van der Waals surface area contributed by atoms with E-state index in [2.05, 4.69) is 43.3 Å². The quantitative estimate of drug-likeness (QED) is 0.122. The standard InChI is InChI=1S/C46H45F3N8O6S/c47-32-12-16-56(25-32)64(62,63)53-38-6-5-37(48)41(42(38)49)43(59)36-21-51-44-35(36)19-30(20-50-44)27-1-2-29-23-54(13-11-28(29)17-27)22-26-9-14-55(15-10-26)33-3-4-34-31(18-33)24-57(46(34)61)39-7-8-40(58)52-45(39)60/h1-6,17-21,26,32,39,53H,7-16,22-25H2,(H,50,51)(H,52,58,60)/t32-,39?/m1/s1. The molecule has 3 saturated heterocycles. The van der Waals surface area contributed by atoms with Gasteiger partial charge in [0.25, 0.3) is 5.91 Å². The maximum atomic E-state index is 15.8. The van der Waals surface area contributed by atoms with Crippen LogP contribution in [0.5, 0.6) is 0 Å². The Morgan fingerprint density at radius 2 is 1.69 bits per heavy atom. The van der Waals surface area contributed by atoms with Gasteiger partial charge in [-0.2, -0.15) is 12.7 Å². The zero-order valence-corrected chi connectivity index (χ0v) is 35.5. The number of nitrogens with one attached hydrogen (secondary N) is 3. The third-order valence-electron chi connectivity index (χ3n) is 13.4. The molecule has 2 atom stereocenters. The van der Waals surface area contributed by atoms with Crippen LogP contribution in [0.1, 0.15) is 75.1 Å². The van der Waals surface area contributed by atoms with Crippen LogP contribution < -0.4 is 14.9 Å². The summed E-state index contributed by atoms with van der Waals surface area (Å²) in [7, 11) is -4.36. The number of carbonyl (C=O) groups excluding carboxylic acids is 4. The highest BCUT2D eigenvalue weighted by atomic mass is 32.2. The zero-order chi connectivity index (χ0) is 44.4. The summed E-state index contributed by atoms with van der Waals surface area (Å²) in [4.78, 5) is 65.0. The number of carbonyl (C=O) groups is 4. The van der Waals surface area contributed by atoms with E-state index in [0.29, 0.717) is 41.0 Å². The van der Waals surface area contributed by atoms with Gasteiger partial charge >= 0.3 is 10.2 Å². The highest BCUT2D eigenvalue weighted by Gasteiger charge is 2.40. The minimum Gasteiger partial charge on any atom is -0.372 e. The van der Waals surface area contributed by atoms with E-state index >= 15 is 8.78 Å². The van der Waals surface area contributed by atoms with Gasteiger partial charge in [0.05, 0.1) is 11.3 Å². The average molecular weight is 895 g/mol. The number of hydrogen-bond acceptors (Lipinski definition) is 9. The van der Waals surface area contributed by atoms with E-state index in [4.69, 9.17) is 0 Å². The van der Waals surface area contributed by atoms with Crippen LogP contribution in [0.4, 0.5) is 24.5 Å². The first-order chi connectivity index (χ1) is 30.8. The van der Waals surface area contributed by atoms with Crippen molar-refractivity contribution in [3.63, 3.8) is 0 Å². The maximum Gasteiger partial charge on any atom is 0.301 e. The van der Waals surface area contributed by atoms with Gasteiger partial charge in [0.1, 0.15) is 23.7 Å². The molecule has 0 bridgehead atoms. The zero-order valence-electron chi connectivity index (χ0n) is 34.7. The predicted molar refractivity (Wildman–Crippen MR) is 231 cm³/mol. The second-order valence-corrected chi connectivity index (χ2v) is 19.1. The van der Waals surface area contributed by atoms with E-state index < -0.39 is 57.0 Å². The lowest BCUT2D eigenvalue weighted by atomic mass is 9.92. The molecule has 7 heterocycles. The molecule has 332 valence electrons. The number of benzene rings is 3. The molecule has 18 heteroatoms. The summed E-state index contributed by atoms with van der Waals surface area (Å²) in [6, 6.07) is 15.0. The van der Waals surface area contributed by atoms with Crippen molar-refractivity contribution in [2.75, 3.05) is 48.9 Å². The van der Waals surface area contributed by atoms with Crippen LogP contribution in [-0.4, -0.2) is 107 Å². The summed E-state index contributed by atoms with van der Waals surface area (Å²) < 4.78 is 73.2. The van der Waals surface area contributed by atoms with Gasteiger partial charge in [-0.15, -0.1) is 0 Å². The van der Waals surface area contributed by atoms with Crippen LogP contribution >= 0.6 is 0 Å². The fourth-order valence-corrected chi connectivity index (χ4v) is 11.1. The first-order valence-corrected chi connectivity index (χ1v) is 23.0. The van der Waals surface area contributed by atoms with Crippen molar-refractivity contribution in [3.05, 3.63) is 112 Å². The van der Waals surface area contributed by atoms with Crippen molar-refractivity contribution < 1.29 is 40.8 Å². The molecule has 64 heavy (non-hydrogen) atoms. The minimum atomic E-state index is -4.36. The van der Waals surface area contributed by atoms with Crippen molar-refractivity contribution in [2.45, 2.75) is 63.8 Å². The molecule has 10 rings (SSSR count). The Balaban J connectivity index is 0.773. The molecule has 3 fully saturated rings. The Labute approximate surface area is 367 Å². The topological polar surface area (TPSA) is 168 Å². The molecule has 3 aromatic carbocycles. The van der Waals surface area contributed by atoms with Gasteiger partial charge in [-0.3, -0.25) is 34.1 Å². The van der Waals surface area contributed by atoms with Crippen molar-refractivity contribution in [3.8, 4) is 11.1 Å². The lowest BCUT2D eigenvalue weighted by Crippen LogP contribution is -2.52. The number of aromatic amines is 1. The summed E-state index contributed by atoms with van der Waals surface area (Å²) in [5.74, 6) is -3.90. The Morgan fingerprint density at radius 1 is 0.859 bits per heavy atom. The first kappa shape index (κ1) is 41.9. The SMILES string of the molecule is O=C1CCC(N2Cc3cc(N4CCC(CN5CCc6cc(-c7cnc8[nH]cc(C(=O)c9c(F)ccc(NS(=O)(=O)N%10CC[C@@H](F)C%10)c9F)c8c7)ccc6C5)CC4)ccc3C2=O)C(=O)N1. The highest BCUT2D eigenvalue weighted by Crippen LogP contribution is 2.35. The normalized spacial score (nSPS) is 21.1. The second-order valence-electron chi connectivity index (χ2n) is 17.4. The van der Waals surface area contributed by atoms with Gasteiger partial charge in [0, 0.05) is 98.9 Å². The number of halogens is 3. The van der Waals surface area contributed by atoms with Crippen LogP contribution in [0.15, 0.2) is 67.0 Å². The number of anilines is 2. The highest BCUT2D eigenvalue weighted by molar-refractivity contribution is 7.90. The molecule has 3 amide bonds. The summed E-state index contributed by atoms with van der Waals surface area (Å²) in [5.41, 5.74) is 5.34. The van der Waals surface area contributed by atoms with Crippen molar-refractivity contribution in [2.24, 2.45) is 5.92 Å². The van der Waals surface area contributed by atoms with Gasteiger partial charge in [0.2, 0.25) is 17.6 Å². The third kappa shape index (κ3) is 7.80. The molecule has 1 unspecified atom stereocenters. The van der Waals surface area contributed by atoms with E-state index in [-0.39, 0.29) is 43.3 Å². The van der Waals surface area contributed by atoms with Crippen LogP contribution in [-0.2, 0) is 39.3 Å². The largest absolute Gasteiger partial charge is 0.372 e. The summed E-state index contributed by atoms with van der Waals surface area (Å²) >= 11 is 0. The monoisotopic (exact) mass is 894 g/mol. The molecule has 5 aromatic rings. The molecule has 0 saturated carbocycles. The van der Waals surface area contributed by atoms with Crippen molar-refractivity contribution >= 4 is 56.1 Å². The second kappa shape index (κ2) is 16.5. The molecule has 14 nitrogen and oxygen atoms in total.